The number of hydrogen-bond donors (Lipinski definition) is 2. The molecule has 3 aromatic rings. The summed E-state index contributed by atoms with van der Waals surface area (Å²) >= 11 is 8.10. The Labute approximate surface area is 220 Å². The summed E-state index contributed by atoms with van der Waals surface area (Å²) in [5.74, 6) is 1.61. The second kappa shape index (κ2) is 10.9. The Morgan fingerprint density at radius 1 is 1.22 bits per heavy atom. The number of benzene rings is 2. The predicted molar refractivity (Wildman–Crippen MR) is 141 cm³/mol. The Kier molecular flexibility index (Phi) is 7.62. The highest BCUT2D eigenvalue weighted by Gasteiger charge is 2.51. The molecule has 1 saturated carbocycles. The summed E-state index contributed by atoms with van der Waals surface area (Å²) in [6, 6.07) is 13.3. The smallest absolute Gasteiger partial charge is 0.231 e. The van der Waals surface area contributed by atoms with E-state index < -0.39 is 5.41 Å². The Morgan fingerprint density at radius 3 is 2.78 bits per heavy atom. The van der Waals surface area contributed by atoms with Gasteiger partial charge in [-0.1, -0.05) is 55.6 Å². The second-order valence-electron chi connectivity index (χ2n) is 9.55. The van der Waals surface area contributed by atoms with Crippen LogP contribution in [-0.4, -0.2) is 35.3 Å². The molecule has 190 valence electrons. The first-order valence-electron chi connectivity index (χ1n) is 12.5. The molecule has 8 heteroatoms. The van der Waals surface area contributed by atoms with Crippen LogP contribution in [0.2, 0.25) is 5.02 Å². The summed E-state index contributed by atoms with van der Waals surface area (Å²) in [7, 11) is 0. The molecule has 1 aliphatic carbocycles. The first kappa shape index (κ1) is 25.2. The van der Waals surface area contributed by atoms with Crippen molar-refractivity contribution < 1.29 is 19.4 Å². The van der Waals surface area contributed by atoms with E-state index in [2.05, 4.69) is 17.2 Å². The first-order valence-corrected chi connectivity index (χ1v) is 13.7. The van der Waals surface area contributed by atoms with Gasteiger partial charge < -0.3 is 19.9 Å². The van der Waals surface area contributed by atoms with Gasteiger partial charge in [0.2, 0.25) is 6.79 Å². The molecule has 0 amide bonds. The Morgan fingerprint density at radius 2 is 2.03 bits per heavy atom. The minimum atomic E-state index is -0.463. The van der Waals surface area contributed by atoms with E-state index in [4.69, 9.17) is 21.1 Å². The maximum absolute atomic E-state index is 13.5. The van der Waals surface area contributed by atoms with Gasteiger partial charge in [-0.3, -0.25) is 4.79 Å². The van der Waals surface area contributed by atoms with E-state index in [9.17, 15) is 9.90 Å². The molecule has 0 radical (unpaired) electrons. The van der Waals surface area contributed by atoms with Crippen LogP contribution in [0.4, 0.5) is 0 Å². The predicted octanol–water partition coefficient (Wildman–Crippen LogP) is 5.60. The lowest BCUT2D eigenvalue weighted by molar-refractivity contribution is -0.120. The van der Waals surface area contributed by atoms with Crippen LogP contribution in [0.3, 0.4) is 0 Å². The number of nitrogens with one attached hydrogen (secondary N) is 1. The summed E-state index contributed by atoms with van der Waals surface area (Å²) in [6.07, 6.45) is 6.75. The number of fused-ring (bicyclic) bond motifs is 1. The van der Waals surface area contributed by atoms with Crippen molar-refractivity contribution in [3.8, 4) is 11.5 Å². The highest BCUT2D eigenvalue weighted by molar-refractivity contribution is 7.11. The quantitative estimate of drug-likeness (QED) is 0.320. The number of aromatic nitrogens is 1. The van der Waals surface area contributed by atoms with Gasteiger partial charge in [-0.25, -0.2) is 4.98 Å². The molecule has 0 saturated heterocycles. The lowest BCUT2D eigenvalue weighted by Crippen LogP contribution is -2.36. The number of aliphatic hydroxyl groups is 1. The summed E-state index contributed by atoms with van der Waals surface area (Å²) in [5.41, 5.74) is 1.47. The van der Waals surface area contributed by atoms with Crippen LogP contribution < -0.4 is 14.8 Å². The number of unbranched alkanes of at least 4 members (excludes halogenated alkanes) is 1. The van der Waals surface area contributed by atoms with E-state index in [0.29, 0.717) is 10.8 Å². The van der Waals surface area contributed by atoms with Gasteiger partial charge in [0, 0.05) is 22.1 Å². The number of ether oxygens (including phenoxy) is 2. The van der Waals surface area contributed by atoms with Crippen molar-refractivity contribution in [3.63, 3.8) is 0 Å². The summed E-state index contributed by atoms with van der Waals surface area (Å²) in [5, 5.41) is 15.0. The minimum Gasteiger partial charge on any atom is -0.454 e. The van der Waals surface area contributed by atoms with Crippen molar-refractivity contribution in [1.29, 1.82) is 0 Å². The van der Waals surface area contributed by atoms with Gasteiger partial charge in [0.25, 0.3) is 0 Å². The highest BCUT2D eigenvalue weighted by atomic mass is 35.5. The number of nitrogens with zero attached hydrogens (tertiary/aromatic N) is 1. The lowest BCUT2D eigenvalue weighted by atomic mass is 9.89. The topological polar surface area (TPSA) is 80.7 Å². The van der Waals surface area contributed by atoms with E-state index in [-0.39, 0.29) is 37.7 Å². The molecule has 1 aliphatic heterocycles. The maximum Gasteiger partial charge on any atom is 0.231 e. The Bertz CT molecular complexity index is 1230. The fraction of sp³-hybridized carbons (Fsp3) is 0.429. The van der Waals surface area contributed by atoms with Crippen LogP contribution in [-0.2, 0) is 16.6 Å². The summed E-state index contributed by atoms with van der Waals surface area (Å²) in [4.78, 5) is 19.1. The monoisotopic (exact) mass is 526 g/mol. The van der Waals surface area contributed by atoms with Gasteiger partial charge in [-0.15, -0.1) is 11.3 Å². The van der Waals surface area contributed by atoms with E-state index in [1.807, 2.05) is 48.7 Å². The Hall–Kier alpha value is -2.45. The van der Waals surface area contributed by atoms with Crippen molar-refractivity contribution in [1.82, 2.24) is 10.3 Å². The van der Waals surface area contributed by atoms with Crippen LogP contribution in [0.1, 0.15) is 66.1 Å². The number of ketones is 1. The van der Waals surface area contributed by atoms with Gasteiger partial charge in [0.15, 0.2) is 11.5 Å². The first-order chi connectivity index (χ1) is 17.5. The summed E-state index contributed by atoms with van der Waals surface area (Å²) in [6.45, 7) is 2.41. The van der Waals surface area contributed by atoms with Crippen molar-refractivity contribution in [2.24, 2.45) is 0 Å². The molecular weight excluding hydrogens is 496 g/mol. The number of rotatable bonds is 12. The number of Topliss-reactive ketones (excluding diaryl/α,β-unsaturated/α-hetero) is 1. The van der Waals surface area contributed by atoms with Crippen LogP contribution in [0, 0.1) is 0 Å². The largest absolute Gasteiger partial charge is 0.454 e. The highest BCUT2D eigenvalue weighted by Crippen LogP contribution is 2.51. The minimum absolute atomic E-state index is 0.0448. The molecule has 2 aromatic carbocycles. The number of carbonyl (C=O) groups is 1. The molecule has 1 fully saturated rings. The third-order valence-corrected chi connectivity index (χ3v) is 8.53. The van der Waals surface area contributed by atoms with Crippen molar-refractivity contribution in [3.05, 3.63) is 74.7 Å². The average Bonchev–Trinajstić information content (AvgIpc) is 3.35. The van der Waals surface area contributed by atoms with Crippen LogP contribution in [0.5, 0.6) is 11.5 Å². The van der Waals surface area contributed by atoms with E-state index >= 15 is 0 Å². The van der Waals surface area contributed by atoms with E-state index in [1.54, 1.807) is 0 Å². The molecular formula is C28H31ClN2O4S. The third-order valence-electron chi connectivity index (χ3n) is 7.12. The summed E-state index contributed by atoms with van der Waals surface area (Å²) < 4.78 is 11.0. The zero-order valence-electron chi connectivity index (χ0n) is 20.3. The van der Waals surface area contributed by atoms with Gasteiger partial charge in [-0.2, -0.15) is 0 Å². The third kappa shape index (κ3) is 5.16. The van der Waals surface area contributed by atoms with Crippen molar-refractivity contribution in [2.45, 2.75) is 62.9 Å². The molecule has 5 rings (SSSR count). The lowest BCUT2D eigenvalue weighted by Gasteiger charge is -2.25. The molecule has 2 N–H and O–H groups in total. The van der Waals surface area contributed by atoms with Crippen LogP contribution in [0.15, 0.2) is 48.7 Å². The molecule has 0 bridgehead atoms. The number of carbonyl (C=O) groups excluding carboxylic acids is 1. The standard InChI is InChI=1S/C28H31ClN2O4S/c1-2-3-6-19(16-32)31-27(20-7-4-5-8-21(20)29)24-15-30-26(36-24)14-25(33)28(11-12-28)18-9-10-22-23(13-18)35-17-34-22/h4-5,7-10,13,15,19,27,31-32H,2-3,6,11-12,14,16-17H2,1H3/t19-,27?/m0/s1. The van der Waals surface area contributed by atoms with Gasteiger partial charge in [0.1, 0.15) is 10.8 Å². The number of thiazole rings is 1. The van der Waals surface area contributed by atoms with Crippen LogP contribution >= 0.6 is 22.9 Å². The van der Waals surface area contributed by atoms with E-state index in [0.717, 1.165) is 58.9 Å². The molecule has 1 unspecified atom stereocenters. The van der Waals surface area contributed by atoms with Crippen molar-refractivity contribution >= 4 is 28.7 Å². The normalized spacial score (nSPS) is 17.1. The molecule has 0 spiro atoms. The SMILES string of the molecule is CCCC[C@@H](CO)NC(c1cnc(CC(=O)C2(c3ccc4c(c3)OCO4)CC2)s1)c1ccccc1Cl. The fourth-order valence-electron chi connectivity index (χ4n) is 4.84. The maximum atomic E-state index is 13.5. The van der Waals surface area contributed by atoms with Gasteiger partial charge in [0.05, 0.1) is 24.5 Å². The number of halogens is 1. The number of hydrogen-bond acceptors (Lipinski definition) is 7. The zero-order chi connectivity index (χ0) is 25.1. The van der Waals surface area contributed by atoms with Crippen LogP contribution in [0.25, 0.3) is 0 Å². The Balaban J connectivity index is 1.35. The fourth-order valence-corrected chi connectivity index (χ4v) is 6.09. The zero-order valence-corrected chi connectivity index (χ0v) is 21.9. The van der Waals surface area contributed by atoms with E-state index in [1.165, 1.54) is 11.3 Å². The van der Waals surface area contributed by atoms with Crippen molar-refractivity contribution in [2.75, 3.05) is 13.4 Å². The number of aliphatic hydroxyl groups excluding tert-OH is 1. The second-order valence-corrected chi connectivity index (χ2v) is 11.1. The van der Waals surface area contributed by atoms with Gasteiger partial charge in [-0.05, 0) is 48.6 Å². The molecule has 2 aliphatic rings. The average molecular weight is 527 g/mol. The molecule has 6 nitrogen and oxygen atoms in total. The molecule has 2 atom stereocenters. The molecule has 2 heterocycles. The molecule has 36 heavy (non-hydrogen) atoms. The van der Waals surface area contributed by atoms with Gasteiger partial charge >= 0.3 is 0 Å². The molecule has 1 aromatic heterocycles.